The monoisotopic (exact) mass is 583 g/mol. The van der Waals surface area contributed by atoms with Crippen molar-refractivity contribution in [2.75, 3.05) is 0 Å². The Kier molecular flexibility index (Phi) is 9.97. The molecular formula is C27H26IN3O4. The number of hydrogen-bond donors (Lipinski definition) is 1. The van der Waals surface area contributed by atoms with Gasteiger partial charge in [0.1, 0.15) is 24.8 Å². The number of aryl methyl sites for hydroxylation is 1. The van der Waals surface area contributed by atoms with Crippen LogP contribution in [0.2, 0.25) is 0 Å². The molecule has 1 atom stereocenters. The van der Waals surface area contributed by atoms with Crippen LogP contribution in [-0.4, -0.2) is 23.2 Å². The predicted octanol–water partition coefficient (Wildman–Crippen LogP) is 0.955. The minimum atomic E-state index is -0.882. The van der Waals surface area contributed by atoms with Crippen LogP contribution in [0.25, 0.3) is 10.9 Å². The fourth-order valence-electron chi connectivity index (χ4n) is 3.43. The van der Waals surface area contributed by atoms with Gasteiger partial charge in [-0.2, -0.15) is 0 Å². The van der Waals surface area contributed by atoms with Crippen molar-refractivity contribution in [2.45, 2.75) is 32.2 Å². The lowest BCUT2D eigenvalue weighted by molar-refractivity contribution is -0.752. The van der Waals surface area contributed by atoms with Crippen molar-refractivity contribution in [1.29, 1.82) is 0 Å². The van der Waals surface area contributed by atoms with Crippen LogP contribution in [0.1, 0.15) is 17.5 Å². The summed E-state index contributed by atoms with van der Waals surface area (Å²) in [6, 6.07) is 27.6. The number of nitrogens with one attached hydrogen (secondary N) is 1. The summed E-state index contributed by atoms with van der Waals surface area (Å²) >= 11 is 0. The number of ether oxygens (including phenoxy) is 2. The third-order valence-corrected chi connectivity index (χ3v) is 5.26. The molecule has 0 aliphatic heterocycles. The molecule has 4 rings (SSSR count). The van der Waals surface area contributed by atoms with Crippen molar-refractivity contribution in [3.05, 3.63) is 108 Å². The Bertz CT molecular complexity index is 1240. The fourth-order valence-corrected chi connectivity index (χ4v) is 3.43. The Balaban J connectivity index is 0.00000342. The molecule has 0 aliphatic rings. The number of carbonyl (C=O) groups excluding carboxylic acids is 2. The summed E-state index contributed by atoms with van der Waals surface area (Å²) in [6.07, 6.45) is 1.47. The highest BCUT2D eigenvalue weighted by atomic mass is 127. The van der Waals surface area contributed by atoms with E-state index in [4.69, 9.17) is 9.47 Å². The number of rotatable bonds is 9. The van der Waals surface area contributed by atoms with E-state index >= 15 is 0 Å². The molecule has 35 heavy (non-hydrogen) atoms. The summed E-state index contributed by atoms with van der Waals surface area (Å²) in [4.78, 5) is 25.3. The van der Waals surface area contributed by atoms with E-state index in [1.807, 2.05) is 97.2 Å². The number of amides is 1. The highest BCUT2D eigenvalue weighted by Crippen LogP contribution is 2.08. The molecule has 8 heteroatoms. The number of alkyl carbamates (subject to hydrolysis) is 1. The summed E-state index contributed by atoms with van der Waals surface area (Å²) in [7, 11) is 0. The number of nitrogens with zero attached hydrogens (tertiary/aromatic N) is 2. The molecule has 0 radical (unpaired) electrons. The quantitative estimate of drug-likeness (QED) is 0.181. The molecule has 1 unspecified atom stereocenters. The number of benzene rings is 3. The zero-order valence-electron chi connectivity index (χ0n) is 19.0. The van der Waals surface area contributed by atoms with E-state index in [1.54, 1.807) is 4.68 Å². The number of halogens is 1. The maximum Gasteiger partial charge on any atom is 0.408 e. The molecule has 7 nitrogen and oxygen atoms in total. The van der Waals surface area contributed by atoms with Gasteiger partial charge < -0.3 is 38.8 Å². The molecule has 0 aliphatic carbocycles. The van der Waals surface area contributed by atoms with E-state index in [1.165, 1.54) is 0 Å². The van der Waals surface area contributed by atoms with Crippen molar-refractivity contribution in [1.82, 2.24) is 10.4 Å². The molecule has 0 saturated heterocycles. The zero-order valence-corrected chi connectivity index (χ0v) is 21.2. The first-order chi connectivity index (χ1) is 16.7. The average molecular weight is 583 g/mol. The van der Waals surface area contributed by atoms with Gasteiger partial charge in [0.15, 0.2) is 12.7 Å². The summed E-state index contributed by atoms with van der Waals surface area (Å²) < 4.78 is 12.5. The van der Waals surface area contributed by atoms with E-state index in [2.05, 4.69) is 10.4 Å². The lowest BCUT2D eigenvalue weighted by Crippen LogP contribution is -3.00. The number of carbonyl (C=O) groups is 2. The van der Waals surface area contributed by atoms with Gasteiger partial charge in [-0.1, -0.05) is 83.5 Å². The molecule has 1 heterocycles. The summed E-state index contributed by atoms with van der Waals surface area (Å²) in [6.45, 7) is 0.645. The van der Waals surface area contributed by atoms with Crippen LogP contribution in [0, 0.1) is 0 Å². The lowest BCUT2D eigenvalue weighted by Gasteiger charge is -2.16. The Morgan fingerprint density at radius 2 is 1.40 bits per heavy atom. The van der Waals surface area contributed by atoms with Crippen LogP contribution in [0.5, 0.6) is 0 Å². The molecule has 1 amide bonds. The molecule has 4 aromatic rings. The Labute approximate surface area is 221 Å². The first kappa shape index (κ1) is 26.1. The van der Waals surface area contributed by atoms with Crippen LogP contribution in [0.15, 0.2) is 97.2 Å². The van der Waals surface area contributed by atoms with Crippen molar-refractivity contribution < 1.29 is 47.7 Å². The van der Waals surface area contributed by atoms with E-state index in [-0.39, 0.29) is 37.2 Å². The Hall–Kier alpha value is -3.53. The van der Waals surface area contributed by atoms with Gasteiger partial charge in [0.25, 0.3) is 0 Å². The zero-order chi connectivity index (χ0) is 23.6. The second kappa shape index (κ2) is 13.4. The van der Waals surface area contributed by atoms with Crippen LogP contribution < -0.4 is 34.0 Å². The third kappa shape index (κ3) is 8.03. The number of aromatic nitrogens is 2. The standard InChI is InChI=1S/C27H25N3O4.HI/c31-26(33-19-21-9-3-1-4-10-21)25(28-27(32)34-20-22-11-5-2-6-12-22)16-18-30-17-15-23-13-7-8-14-24(23)29-30;/h1-15,17,25H,16,18-20H2;1H. The largest absolute Gasteiger partial charge is 1.00 e. The molecule has 0 saturated carbocycles. The second-order valence-corrected chi connectivity index (χ2v) is 7.78. The van der Waals surface area contributed by atoms with Gasteiger partial charge in [0, 0.05) is 23.0 Å². The van der Waals surface area contributed by atoms with Crippen LogP contribution in [0.3, 0.4) is 0 Å². The topological polar surface area (TPSA) is 81.4 Å². The van der Waals surface area contributed by atoms with Crippen molar-refractivity contribution in [3.8, 4) is 0 Å². The van der Waals surface area contributed by atoms with E-state index in [9.17, 15) is 9.59 Å². The fraction of sp³-hybridized carbons (Fsp3) is 0.185. The smallest absolute Gasteiger partial charge is 0.408 e. The van der Waals surface area contributed by atoms with Gasteiger partial charge in [0.2, 0.25) is 0 Å². The first-order valence-electron chi connectivity index (χ1n) is 11.1. The summed E-state index contributed by atoms with van der Waals surface area (Å²) in [5.74, 6) is -0.526. The van der Waals surface area contributed by atoms with Crippen molar-refractivity contribution in [3.63, 3.8) is 0 Å². The van der Waals surface area contributed by atoms with Crippen LogP contribution in [-0.2, 0) is 34.0 Å². The summed E-state index contributed by atoms with van der Waals surface area (Å²) in [5, 5.41) is 8.26. The van der Waals surface area contributed by atoms with Gasteiger partial charge in [-0.25, -0.2) is 9.59 Å². The minimum absolute atomic E-state index is 0. The molecule has 3 aromatic carbocycles. The van der Waals surface area contributed by atoms with Crippen LogP contribution in [0.4, 0.5) is 4.79 Å². The maximum absolute atomic E-state index is 12.8. The molecular weight excluding hydrogens is 557 g/mol. The predicted molar refractivity (Wildman–Crippen MR) is 126 cm³/mol. The van der Waals surface area contributed by atoms with Gasteiger partial charge in [-0.15, -0.1) is 0 Å². The highest BCUT2D eigenvalue weighted by molar-refractivity contribution is 5.81. The van der Waals surface area contributed by atoms with Crippen LogP contribution >= 0.6 is 0 Å². The van der Waals surface area contributed by atoms with Gasteiger partial charge in [-0.3, -0.25) is 0 Å². The van der Waals surface area contributed by atoms with E-state index < -0.39 is 18.1 Å². The number of fused-ring (bicyclic) bond motifs is 1. The second-order valence-electron chi connectivity index (χ2n) is 7.78. The van der Waals surface area contributed by atoms with Gasteiger partial charge in [-0.05, 0) is 17.2 Å². The minimum Gasteiger partial charge on any atom is -1.00 e. The maximum atomic E-state index is 12.8. The number of esters is 1. The summed E-state index contributed by atoms with van der Waals surface area (Å²) in [5.41, 5.74) is 2.58. The normalized spacial score (nSPS) is 11.2. The average Bonchev–Trinajstić information content (AvgIpc) is 2.89. The Morgan fingerprint density at radius 3 is 2.09 bits per heavy atom. The van der Waals surface area contributed by atoms with Crippen molar-refractivity contribution >= 4 is 23.0 Å². The highest BCUT2D eigenvalue weighted by Gasteiger charge is 2.25. The molecule has 0 bridgehead atoms. The SMILES string of the molecule is O=C(NC(CC[n+]1ccc2ccccc2n1)C(=O)OCc1ccccc1)OCc1ccccc1.[I-]. The molecule has 0 fully saturated rings. The molecule has 1 N–H and O–H groups in total. The van der Waals surface area contributed by atoms with E-state index in [0.29, 0.717) is 13.0 Å². The van der Waals surface area contributed by atoms with E-state index in [0.717, 1.165) is 22.0 Å². The van der Waals surface area contributed by atoms with Crippen molar-refractivity contribution in [2.24, 2.45) is 0 Å². The Morgan fingerprint density at radius 1 is 0.800 bits per heavy atom. The van der Waals surface area contributed by atoms with Gasteiger partial charge in [0.05, 0.1) is 0 Å². The van der Waals surface area contributed by atoms with Gasteiger partial charge >= 0.3 is 12.1 Å². The first-order valence-corrected chi connectivity index (χ1v) is 11.1. The lowest BCUT2D eigenvalue weighted by atomic mass is 10.2. The third-order valence-electron chi connectivity index (χ3n) is 5.26. The molecule has 0 spiro atoms. The number of hydrogen-bond acceptors (Lipinski definition) is 5. The molecule has 180 valence electrons. The molecule has 1 aromatic heterocycles.